The van der Waals surface area contributed by atoms with Gasteiger partial charge in [0.25, 0.3) is 0 Å². The number of benzene rings is 1. The summed E-state index contributed by atoms with van der Waals surface area (Å²) in [5, 5.41) is 5.77. The fourth-order valence-electron chi connectivity index (χ4n) is 2.50. The van der Waals surface area contributed by atoms with Gasteiger partial charge in [-0.25, -0.2) is 4.98 Å². The maximum atomic E-state index is 12.1. The van der Waals surface area contributed by atoms with Crippen molar-refractivity contribution in [3.63, 3.8) is 0 Å². The summed E-state index contributed by atoms with van der Waals surface area (Å²) < 4.78 is 42.0. The van der Waals surface area contributed by atoms with Gasteiger partial charge < -0.3 is 15.4 Å². The third-order valence-electron chi connectivity index (χ3n) is 3.62. The van der Waals surface area contributed by atoms with Crippen molar-refractivity contribution < 1.29 is 22.7 Å². The molecule has 2 heterocycles. The standard InChI is InChI=1S/C17H16F3N5O2/c1-11-16(25-9-8-21-10-14(25)23-11)22-7-6-15(26)24-12-2-4-13(5-3-12)27-17(18,19)20/h2-5,8-10,22H,6-7H2,1H3,(H,24,26). The number of nitrogens with zero attached hydrogens (tertiary/aromatic N) is 3. The van der Waals surface area contributed by atoms with Crippen LogP contribution in [0.2, 0.25) is 0 Å². The van der Waals surface area contributed by atoms with Crippen LogP contribution in [0, 0.1) is 6.92 Å². The number of carbonyl (C=O) groups excluding carboxylic acids is 1. The predicted octanol–water partition coefficient (Wildman–Crippen LogP) is 3.38. The minimum atomic E-state index is -4.75. The van der Waals surface area contributed by atoms with Gasteiger partial charge in [-0.2, -0.15) is 0 Å². The highest BCUT2D eigenvalue weighted by atomic mass is 19.4. The second-order valence-corrected chi connectivity index (χ2v) is 5.65. The van der Waals surface area contributed by atoms with Crippen molar-refractivity contribution in [1.82, 2.24) is 14.4 Å². The second-order valence-electron chi connectivity index (χ2n) is 5.65. The third kappa shape index (κ3) is 4.87. The van der Waals surface area contributed by atoms with Gasteiger partial charge in [-0.05, 0) is 31.2 Å². The Morgan fingerprint density at radius 3 is 2.70 bits per heavy atom. The van der Waals surface area contributed by atoms with E-state index in [2.05, 4.69) is 25.3 Å². The first-order valence-corrected chi connectivity index (χ1v) is 8.00. The molecular weight excluding hydrogens is 363 g/mol. The smallest absolute Gasteiger partial charge is 0.406 e. The lowest BCUT2D eigenvalue weighted by atomic mass is 10.3. The average molecular weight is 379 g/mol. The van der Waals surface area contributed by atoms with Crippen LogP contribution in [0.15, 0.2) is 42.9 Å². The number of nitrogens with one attached hydrogen (secondary N) is 2. The molecular formula is C17H16F3N5O2. The van der Waals surface area contributed by atoms with Crippen molar-refractivity contribution in [1.29, 1.82) is 0 Å². The molecule has 2 N–H and O–H groups in total. The molecule has 0 unspecified atom stereocenters. The zero-order chi connectivity index (χ0) is 19.4. The summed E-state index contributed by atoms with van der Waals surface area (Å²) >= 11 is 0. The van der Waals surface area contributed by atoms with Gasteiger partial charge in [-0.3, -0.25) is 14.2 Å². The van der Waals surface area contributed by atoms with Crippen molar-refractivity contribution in [3.05, 3.63) is 48.5 Å². The molecule has 0 aliphatic carbocycles. The molecule has 0 atom stereocenters. The largest absolute Gasteiger partial charge is 0.573 e. The van der Waals surface area contributed by atoms with E-state index in [4.69, 9.17) is 0 Å². The lowest BCUT2D eigenvalue weighted by molar-refractivity contribution is -0.274. The fraction of sp³-hybridized carbons (Fsp3) is 0.235. The molecule has 10 heteroatoms. The van der Waals surface area contributed by atoms with Crippen molar-refractivity contribution in [2.75, 3.05) is 17.2 Å². The Labute approximate surface area is 152 Å². The number of amides is 1. The Kier molecular flexibility index (Phi) is 5.15. The van der Waals surface area contributed by atoms with Crippen molar-refractivity contribution >= 4 is 23.1 Å². The summed E-state index contributed by atoms with van der Waals surface area (Å²) in [6.45, 7) is 2.21. The Morgan fingerprint density at radius 2 is 2.00 bits per heavy atom. The number of rotatable bonds is 6. The van der Waals surface area contributed by atoms with Gasteiger partial charge in [0.1, 0.15) is 11.6 Å². The molecule has 0 saturated carbocycles. The molecule has 142 valence electrons. The number of carbonyl (C=O) groups is 1. The number of hydrogen-bond donors (Lipinski definition) is 2. The van der Waals surface area contributed by atoms with E-state index in [0.29, 0.717) is 17.9 Å². The first-order chi connectivity index (χ1) is 12.8. The van der Waals surface area contributed by atoms with Gasteiger partial charge in [0, 0.05) is 31.0 Å². The zero-order valence-electron chi connectivity index (χ0n) is 14.2. The number of hydrogen-bond acceptors (Lipinski definition) is 5. The molecule has 1 aromatic carbocycles. The molecule has 27 heavy (non-hydrogen) atoms. The van der Waals surface area contributed by atoms with Gasteiger partial charge in [0.15, 0.2) is 5.65 Å². The van der Waals surface area contributed by atoms with Crippen LogP contribution in [0.1, 0.15) is 12.1 Å². The lowest BCUT2D eigenvalue weighted by Gasteiger charge is -2.10. The van der Waals surface area contributed by atoms with Gasteiger partial charge >= 0.3 is 6.36 Å². The van der Waals surface area contributed by atoms with Crippen molar-refractivity contribution in [2.24, 2.45) is 0 Å². The van der Waals surface area contributed by atoms with Crippen LogP contribution in [0.3, 0.4) is 0 Å². The fourth-order valence-corrected chi connectivity index (χ4v) is 2.50. The minimum absolute atomic E-state index is 0.165. The second kappa shape index (κ2) is 7.52. The van der Waals surface area contributed by atoms with Crippen LogP contribution >= 0.6 is 0 Å². The molecule has 0 fully saturated rings. The Bertz CT molecular complexity index is 938. The highest BCUT2D eigenvalue weighted by Gasteiger charge is 2.30. The van der Waals surface area contributed by atoms with Gasteiger partial charge in [-0.1, -0.05) is 0 Å². The number of fused-ring (bicyclic) bond motifs is 1. The summed E-state index contributed by atoms with van der Waals surface area (Å²) in [6.07, 6.45) is 0.457. The van der Waals surface area contributed by atoms with Crippen LogP contribution in [0.25, 0.3) is 5.65 Å². The molecule has 2 aromatic heterocycles. The van der Waals surface area contributed by atoms with Gasteiger partial charge in [0.05, 0.1) is 11.9 Å². The number of aryl methyl sites for hydroxylation is 1. The molecule has 3 rings (SSSR count). The lowest BCUT2D eigenvalue weighted by Crippen LogP contribution is -2.18. The van der Waals surface area contributed by atoms with Crippen LogP contribution in [0.4, 0.5) is 24.7 Å². The molecule has 0 aliphatic heterocycles. The molecule has 1 amide bonds. The van der Waals surface area contributed by atoms with E-state index in [-0.39, 0.29) is 18.1 Å². The number of ether oxygens (including phenoxy) is 1. The van der Waals surface area contributed by atoms with Gasteiger partial charge in [0.2, 0.25) is 5.91 Å². The Balaban J connectivity index is 1.52. The predicted molar refractivity (Wildman–Crippen MR) is 92.6 cm³/mol. The normalized spacial score (nSPS) is 11.4. The van der Waals surface area contributed by atoms with E-state index in [9.17, 15) is 18.0 Å². The molecule has 0 aliphatic rings. The monoisotopic (exact) mass is 379 g/mol. The molecule has 0 radical (unpaired) electrons. The minimum Gasteiger partial charge on any atom is -0.406 e. The molecule has 7 nitrogen and oxygen atoms in total. The van der Waals surface area contributed by atoms with E-state index in [1.807, 2.05) is 11.3 Å². The number of halogens is 3. The quantitative estimate of drug-likeness (QED) is 0.686. The molecule has 0 saturated heterocycles. The number of aromatic nitrogens is 3. The van der Waals surface area contributed by atoms with Gasteiger partial charge in [-0.15, -0.1) is 13.2 Å². The van der Waals surface area contributed by atoms with Crippen molar-refractivity contribution in [3.8, 4) is 5.75 Å². The summed E-state index contributed by atoms with van der Waals surface area (Å²) in [7, 11) is 0. The summed E-state index contributed by atoms with van der Waals surface area (Å²) in [6, 6.07) is 4.95. The molecule has 0 spiro atoms. The van der Waals surface area contributed by atoms with Crippen LogP contribution < -0.4 is 15.4 Å². The van der Waals surface area contributed by atoms with E-state index >= 15 is 0 Å². The van der Waals surface area contributed by atoms with Crippen LogP contribution in [-0.4, -0.2) is 33.2 Å². The van der Waals surface area contributed by atoms with Crippen LogP contribution in [0.5, 0.6) is 5.75 Å². The number of imidazole rings is 1. The maximum Gasteiger partial charge on any atom is 0.573 e. The van der Waals surface area contributed by atoms with E-state index in [1.165, 1.54) is 12.1 Å². The Hall–Kier alpha value is -3.30. The highest BCUT2D eigenvalue weighted by molar-refractivity contribution is 5.91. The number of anilines is 2. The van der Waals surface area contributed by atoms with E-state index in [1.54, 1.807) is 18.6 Å². The molecule has 0 bridgehead atoms. The highest BCUT2D eigenvalue weighted by Crippen LogP contribution is 2.24. The summed E-state index contributed by atoms with van der Waals surface area (Å²) in [5.74, 6) is 0.147. The summed E-state index contributed by atoms with van der Waals surface area (Å²) in [5.41, 5.74) is 1.86. The Morgan fingerprint density at radius 1 is 1.26 bits per heavy atom. The summed E-state index contributed by atoms with van der Waals surface area (Å²) in [4.78, 5) is 20.4. The first-order valence-electron chi connectivity index (χ1n) is 8.00. The van der Waals surface area contributed by atoms with Crippen LogP contribution in [-0.2, 0) is 4.79 Å². The van der Waals surface area contributed by atoms with E-state index < -0.39 is 6.36 Å². The average Bonchev–Trinajstić information content (AvgIpc) is 2.91. The number of alkyl halides is 3. The third-order valence-corrected chi connectivity index (χ3v) is 3.62. The van der Waals surface area contributed by atoms with E-state index in [0.717, 1.165) is 23.6 Å². The zero-order valence-corrected chi connectivity index (χ0v) is 14.2. The molecule has 3 aromatic rings. The van der Waals surface area contributed by atoms with Crippen molar-refractivity contribution in [2.45, 2.75) is 19.7 Å². The SMILES string of the molecule is Cc1nc2cnccn2c1NCCC(=O)Nc1ccc(OC(F)(F)F)cc1. The first kappa shape index (κ1) is 18.5. The maximum absolute atomic E-state index is 12.1. The topological polar surface area (TPSA) is 80.5 Å².